The first-order chi connectivity index (χ1) is 11.7. The van der Waals surface area contributed by atoms with E-state index in [1.165, 1.54) is 16.9 Å². The molecule has 3 aromatic rings. The van der Waals surface area contributed by atoms with E-state index in [1.807, 2.05) is 41.4 Å². The van der Waals surface area contributed by atoms with Crippen molar-refractivity contribution in [2.75, 3.05) is 0 Å². The third-order valence-corrected chi connectivity index (χ3v) is 4.19. The van der Waals surface area contributed by atoms with Gasteiger partial charge in [-0.3, -0.25) is 9.48 Å². The number of hydrogen-bond acceptors (Lipinski definition) is 5. The number of nitrogens with one attached hydrogen (secondary N) is 1. The van der Waals surface area contributed by atoms with Gasteiger partial charge in [0.2, 0.25) is 5.91 Å². The Bertz CT molecular complexity index is 838. The molecular weight excluding hydrogens is 322 g/mol. The zero-order chi connectivity index (χ0) is 16.8. The lowest BCUT2D eigenvalue weighted by Gasteiger charge is -2.00. The summed E-state index contributed by atoms with van der Waals surface area (Å²) in [6.45, 7) is 2.60. The van der Waals surface area contributed by atoms with Crippen molar-refractivity contribution in [3.63, 3.8) is 0 Å². The summed E-state index contributed by atoms with van der Waals surface area (Å²) < 4.78 is 1.83. The van der Waals surface area contributed by atoms with Crippen molar-refractivity contribution in [3.8, 4) is 0 Å². The molecule has 1 N–H and O–H groups in total. The standard InChI is InChI=1S/C17H17N5OS/c1-13-12-24-17(20-13)7-16(23)21-18-8-15-9-19-22(11-15)10-14-5-3-2-4-6-14/h2-6,8-9,11-12H,7,10H2,1H3,(H,21,23)/b18-8-. The van der Waals surface area contributed by atoms with Gasteiger partial charge in [-0.15, -0.1) is 11.3 Å². The van der Waals surface area contributed by atoms with Crippen LogP contribution in [0.25, 0.3) is 0 Å². The molecule has 24 heavy (non-hydrogen) atoms. The van der Waals surface area contributed by atoms with Gasteiger partial charge in [-0.1, -0.05) is 30.3 Å². The average Bonchev–Trinajstić information content (AvgIpc) is 3.17. The Labute approximate surface area is 143 Å². The molecule has 1 aromatic carbocycles. The number of thiazole rings is 1. The third kappa shape index (κ3) is 4.60. The predicted molar refractivity (Wildman–Crippen MR) is 94.1 cm³/mol. The van der Waals surface area contributed by atoms with Crippen molar-refractivity contribution >= 4 is 23.5 Å². The molecular formula is C17H17N5OS. The summed E-state index contributed by atoms with van der Waals surface area (Å²) in [5, 5.41) is 11.0. The van der Waals surface area contributed by atoms with Crippen LogP contribution in [0.2, 0.25) is 0 Å². The molecule has 0 saturated carbocycles. The molecule has 0 aliphatic heterocycles. The molecule has 0 saturated heterocycles. The van der Waals surface area contributed by atoms with Crippen molar-refractivity contribution in [1.29, 1.82) is 0 Å². The Kier molecular flexibility index (Phi) is 5.12. The van der Waals surface area contributed by atoms with Gasteiger partial charge < -0.3 is 0 Å². The summed E-state index contributed by atoms with van der Waals surface area (Å²) in [6.07, 6.45) is 5.41. The number of benzene rings is 1. The third-order valence-electron chi connectivity index (χ3n) is 3.22. The van der Waals surface area contributed by atoms with Gasteiger partial charge in [0.25, 0.3) is 0 Å². The lowest BCUT2D eigenvalue weighted by Crippen LogP contribution is -2.19. The molecule has 1 amide bonds. The first kappa shape index (κ1) is 16.1. The van der Waals surface area contributed by atoms with Crippen LogP contribution in [0.15, 0.2) is 53.2 Å². The van der Waals surface area contributed by atoms with Crippen LogP contribution >= 0.6 is 11.3 Å². The summed E-state index contributed by atoms with van der Waals surface area (Å²) in [7, 11) is 0. The molecule has 0 aliphatic carbocycles. The molecule has 0 aliphatic rings. The van der Waals surface area contributed by atoms with Gasteiger partial charge in [0.1, 0.15) is 5.01 Å². The smallest absolute Gasteiger partial charge is 0.246 e. The topological polar surface area (TPSA) is 72.2 Å². The average molecular weight is 339 g/mol. The van der Waals surface area contributed by atoms with Crippen LogP contribution in [-0.2, 0) is 17.8 Å². The lowest BCUT2D eigenvalue weighted by atomic mass is 10.2. The minimum absolute atomic E-state index is 0.183. The van der Waals surface area contributed by atoms with Crippen LogP contribution in [0.4, 0.5) is 0 Å². The van der Waals surface area contributed by atoms with Gasteiger partial charge in [-0.25, -0.2) is 10.4 Å². The Hall–Kier alpha value is -2.80. The van der Waals surface area contributed by atoms with Gasteiger partial charge in [-0.2, -0.15) is 10.2 Å². The molecule has 0 bridgehead atoms. The number of nitrogens with zero attached hydrogens (tertiary/aromatic N) is 4. The lowest BCUT2D eigenvalue weighted by molar-refractivity contribution is -0.120. The van der Waals surface area contributed by atoms with Gasteiger partial charge >= 0.3 is 0 Å². The number of amides is 1. The molecule has 122 valence electrons. The first-order valence-electron chi connectivity index (χ1n) is 7.48. The van der Waals surface area contributed by atoms with Crippen LogP contribution in [0.5, 0.6) is 0 Å². The van der Waals surface area contributed by atoms with Gasteiger partial charge in [-0.05, 0) is 12.5 Å². The molecule has 2 aromatic heterocycles. The van der Waals surface area contributed by atoms with Gasteiger partial charge in [0.15, 0.2) is 0 Å². The van der Waals surface area contributed by atoms with Crippen molar-refractivity contribution < 1.29 is 4.79 Å². The number of hydrazone groups is 1. The van der Waals surface area contributed by atoms with Crippen LogP contribution in [0, 0.1) is 6.92 Å². The SMILES string of the molecule is Cc1csc(CC(=O)N/N=C\c2cnn(Cc3ccccc3)c2)n1. The summed E-state index contributed by atoms with van der Waals surface area (Å²) in [4.78, 5) is 16.0. The normalized spacial score (nSPS) is 11.0. The van der Waals surface area contributed by atoms with Crippen molar-refractivity contribution in [2.45, 2.75) is 19.9 Å². The highest BCUT2D eigenvalue weighted by Gasteiger charge is 2.05. The summed E-state index contributed by atoms with van der Waals surface area (Å²) in [5.74, 6) is -0.183. The highest BCUT2D eigenvalue weighted by Crippen LogP contribution is 2.09. The Balaban J connectivity index is 1.50. The molecule has 0 unspecified atom stereocenters. The summed E-state index contributed by atoms with van der Waals surface area (Å²) in [5.41, 5.74) is 5.44. The van der Waals surface area contributed by atoms with E-state index in [2.05, 4.69) is 32.7 Å². The Morgan fingerprint density at radius 3 is 2.96 bits per heavy atom. The van der Waals surface area contributed by atoms with Gasteiger partial charge in [0.05, 0.1) is 25.4 Å². The molecule has 2 heterocycles. The highest BCUT2D eigenvalue weighted by molar-refractivity contribution is 7.09. The van der Waals surface area contributed by atoms with E-state index >= 15 is 0 Å². The van der Waals surface area contributed by atoms with Gasteiger partial charge in [0, 0.05) is 22.8 Å². The zero-order valence-corrected chi connectivity index (χ0v) is 14.0. The second kappa shape index (κ2) is 7.65. The maximum Gasteiger partial charge on any atom is 0.246 e. The van der Waals surface area contributed by atoms with E-state index in [0.717, 1.165) is 16.3 Å². The van der Waals surface area contributed by atoms with Crippen molar-refractivity contribution in [2.24, 2.45) is 5.10 Å². The monoisotopic (exact) mass is 339 g/mol. The van der Waals surface area contributed by atoms with Crippen LogP contribution in [0.3, 0.4) is 0 Å². The van der Waals surface area contributed by atoms with E-state index in [-0.39, 0.29) is 12.3 Å². The Morgan fingerprint density at radius 2 is 2.21 bits per heavy atom. The minimum atomic E-state index is -0.183. The van der Waals surface area contributed by atoms with E-state index in [0.29, 0.717) is 6.54 Å². The maximum atomic E-state index is 11.8. The number of rotatable bonds is 6. The molecule has 3 rings (SSSR count). The number of hydrogen-bond donors (Lipinski definition) is 1. The fourth-order valence-electron chi connectivity index (χ4n) is 2.14. The molecule has 6 nitrogen and oxygen atoms in total. The highest BCUT2D eigenvalue weighted by atomic mass is 32.1. The predicted octanol–water partition coefficient (Wildman–Crippen LogP) is 2.39. The molecule has 0 radical (unpaired) electrons. The number of aryl methyl sites for hydroxylation is 1. The molecule has 0 spiro atoms. The zero-order valence-electron chi connectivity index (χ0n) is 13.2. The molecule has 0 atom stereocenters. The fraction of sp³-hybridized carbons (Fsp3) is 0.176. The number of carbonyl (C=O) groups is 1. The largest absolute Gasteiger partial charge is 0.273 e. The first-order valence-corrected chi connectivity index (χ1v) is 8.36. The summed E-state index contributed by atoms with van der Waals surface area (Å²) in [6, 6.07) is 10.1. The van der Waals surface area contributed by atoms with E-state index in [9.17, 15) is 4.79 Å². The van der Waals surface area contributed by atoms with Crippen molar-refractivity contribution in [3.05, 3.63) is 69.9 Å². The van der Waals surface area contributed by atoms with E-state index in [1.54, 1.807) is 12.4 Å². The maximum absolute atomic E-state index is 11.8. The van der Waals surface area contributed by atoms with E-state index < -0.39 is 0 Å². The minimum Gasteiger partial charge on any atom is -0.273 e. The number of aromatic nitrogens is 3. The van der Waals surface area contributed by atoms with Crippen LogP contribution < -0.4 is 5.43 Å². The molecule has 7 heteroatoms. The van der Waals surface area contributed by atoms with Crippen molar-refractivity contribution in [1.82, 2.24) is 20.2 Å². The number of carbonyl (C=O) groups excluding carboxylic acids is 1. The van der Waals surface area contributed by atoms with Crippen LogP contribution in [-0.4, -0.2) is 26.9 Å². The van der Waals surface area contributed by atoms with Crippen LogP contribution in [0.1, 0.15) is 21.8 Å². The Morgan fingerprint density at radius 1 is 1.38 bits per heavy atom. The summed E-state index contributed by atoms with van der Waals surface area (Å²) >= 11 is 1.47. The quantitative estimate of drug-likeness (QED) is 0.554. The second-order valence-electron chi connectivity index (χ2n) is 5.31. The fourth-order valence-corrected chi connectivity index (χ4v) is 2.91. The molecule has 0 fully saturated rings. The van der Waals surface area contributed by atoms with E-state index in [4.69, 9.17) is 0 Å². The second-order valence-corrected chi connectivity index (χ2v) is 6.25.